The maximum Gasteiger partial charge on any atom is 0.222 e. The summed E-state index contributed by atoms with van der Waals surface area (Å²) in [6.45, 7) is 4.21. The average Bonchev–Trinajstić information content (AvgIpc) is 3.02. The maximum atomic E-state index is 9.96. The van der Waals surface area contributed by atoms with E-state index in [0.717, 1.165) is 22.6 Å². The fraction of sp³-hybridized carbons (Fsp3) is 0.348. The number of hydrogen-bond donors (Lipinski definition) is 1. The van der Waals surface area contributed by atoms with Gasteiger partial charge in [0.15, 0.2) is 0 Å². The van der Waals surface area contributed by atoms with Crippen LogP contribution in [0.15, 0.2) is 60.7 Å². The van der Waals surface area contributed by atoms with Crippen molar-refractivity contribution < 1.29 is 14.6 Å². The van der Waals surface area contributed by atoms with Crippen LogP contribution in [0.5, 0.6) is 11.6 Å². The number of nitrogens with zero attached hydrogens (tertiary/aromatic N) is 3. The van der Waals surface area contributed by atoms with Crippen LogP contribution in [0.4, 0.5) is 0 Å². The molecule has 6 nitrogen and oxygen atoms in total. The summed E-state index contributed by atoms with van der Waals surface area (Å²) in [5, 5.41) is 14.7. The van der Waals surface area contributed by atoms with Gasteiger partial charge in [-0.1, -0.05) is 48.5 Å². The van der Waals surface area contributed by atoms with Gasteiger partial charge in [-0.25, -0.2) is 4.68 Å². The largest absolute Gasteiger partial charge is 0.439 e. The Morgan fingerprint density at radius 2 is 1.72 bits per heavy atom. The van der Waals surface area contributed by atoms with Crippen LogP contribution in [-0.4, -0.2) is 52.7 Å². The van der Waals surface area contributed by atoms with Gasteiger partial charge in [0.05, 0.1) is 18.3 Å². The molecule has 3 rings (SSSR count). The lowest BCUT2D eigenvalue weighted by molar-refractivity contribution is 0.0936. The molecule has 154 valence electrons. The number of aryl methyl sites for hydroxylation is 1. The van der Waals surface area contributed by atoms with E-state index in [1.165, 1.54) is 0 Å². The van der Waals surface area contributed by atoms with Crippen LogP contribution in [0.2, 0.25) is 0 Å². The Kier molecular flexibility index (Phi) is 7.41. The number of aromatic nitrogens is 2. The van der Waals surface area contributed by atoms with Crippen molar-refractivity contribution in [2.24, 2.45) is 7.05 Å². The van der Waals surface area contributed by atoms with Crippen LogP contribution < -0.4 is 4.74 Å². The minimum atomic E-state index is -0.442. The van der Waals surface area contributed by atoms with Crippen molar-refractivity contribution in [2.45, 2.75) is 19.6 Å². The lowest BCUT2D eigenvalue weighted by Gasteiger charge is -2.24. The van der Waals surface area contributed by atoms with Gasteiger partial charge in [-0.05, 0) is 19.1 Å². The van der Waals surface area contributed by atoms with Crippen molar-refractivity contribution in [3.8, 4) is 22.9 Å². The highest BCUT2D eigenvalue weighted by Gasteiger charge is 2.22. The molecule has 1 N–H and O–H groups in total. The molecule has 0 fully saturated rings. The Balaban J connectivity index is 2.00. The van der Waals surface area contributed by atoms with Crippen molar-refractivity contribution in [3.63, 3.8) is 0 Å². The number of hydrogen-bond acceptors (Lipinski definition) is 5. The van der Waals surface area contributed by atoms with E-state index in [1.54, 1.807) is 18.7 Å². The molecule has 0 aliphatic carbocycles. The Morgan fingerprint density at radius 1 is 1.07 bits per heavy atom. The van der Waals surface area contributed by atoms with Gasteiger partial charge in [-0.15, -0.1) is 0 Å². The second-order valence-electron chi connectivity index (χ2n) is 7.11. The highest BCUT2D eigenvalue weighted by molar-refractivity contribution is 5.65. The van der Waals surface area contributed by atoms with Crippen LogP contribution in [0, 0.1) is 0 Å². The van der Waals surface area contributed by atoms with Crippen LogP contribution in [-0.2, 0) is 18.3 Å². The minimum Gasteiger partial charge on any atom is -0.439 e. The van der Waals surface area contributed by atoms with Gasteiger partial charge >= 0.3 is 0 Å². The SMILES string of the molecule is COCCN(Cc1c(-c2ccccc2)nn(C)c1Oc1ccccc1)C[C@H](C)O. The van der Waals surface area contributed by atoms with E-state index in [1.807, 2.05) is 67.7 Å². The second-order valence-corrected chi connectivity index (χ2v) is 7.11. The number of rotatable bonds is 10. The first-order valence-corrected chi connectivity index (χ1v) is 9.82. The molecule has 0 bridgehead atoms. The molecular formula is C23H29N3O3. The van der Waals surface area contributed by atoms with Crippen molar-refractivity contribution in [1.82, 2.24) is 14.7 Å². The lowest BCUT2D eigenvalue weighted by Crippen LogP contribution is -2.33. The number of ether oxygens (including phenoxy) is 2. The standard InChI is InChI=1S/C23H29N3O3/c1-18(27)16-26(14-15-28-3)17-21-22(19-10-6-4-7-11-19)24-25(2)23(21)29-20-12-8-5-9-13-20/h4-13,18,27H,14-17H2,1-3H3/t18-/m0/s1. The van der Waals surface area contributed by atoms with E-state index in [4.69, 9.17) is 14.6 Å². The fourth-order valence-corrected chi connectivity index (χ4v) is 3.30. The smallest absolute Gasteiger partial charge is 0.222 e. The molecule has 0 radical (unpaired) electrons. The van der Waals surface area contributed by atoms with Crippen LogP contribution in [0.1, 0.15) is 12.5 Å². The Hall–Kier alpha value is -2.67. The van der Waals surface area contributed by atoms with Gasteiger partial charge < -0.3 is 14.6 Å². The third-order valence-electron chi connectivity index (χ3n) is 4.61. The number of benzene rings is 2. The van der Waals surface area contributed by atoms with Gasteiger partial charge in [0.25, 0.3) is 0 Å². The molecule has 1 atom stereocenters. The third kappa shape index (κ3) is 5.67. The molecule has 0 aliphatic heterocycles. The first kappa shape index (κ1) is 21.0. The van der Waals surface area contributed by atoms with Crippen molar-refractivity contribution >= 4 is 0 Å². The molecule has 29 heavy (non-hydrogen) atoms. The lowest BCUT2D eigenvalue weighted by atomic mass is 10.1. The number of para-hydroxylation sites is 1. The first-order valence-electron chi connectivity index (χ1n) is 9.82. The molecule has 0 amide bonds. The summed E-state index contributed by atoms with van der Waals surface area (Å²) in [5.74, 6) is 1.46. The van der Waals surface area contributed by atoms with Crippen LogP contribution in [0.25, 0.3) is 11.3 Å². The van der Waals surface area contributed by atoms with Crippen LogP contribution in [0.3, 0.4) is 0 Å². The van der Waals surface area contributed by atoms with E-state index in [2.05, 4.69) is 4.90 Å². The van der Waals surface area contributed by atoms with Gasteiger partial charge in [-0.3, -0.25) is 4.90 Å². The van der Waals surface area contributed by atoms with Crippen molar-refractivity contribution in [1.29, 1.82) is 0 Å². The normalized spacial score (nSPS) is 12.3. The van der Waals surface area contributed by atoms with Crippen molar-refractivity contribution in [3.05, 3.63) is 66.2 Å². The summed E-state index contributed by atoms with van der Waals surface area (Å²) >= 11 is 0. The van der Waals surface area contributed by atoms with Gasteiger partial charge in [-0.2, -0.15) is 5.10 Å². The van der Waals surface area contributed by atoms with E-state index >= 15 is 0 Å². The highest BCUT2D eigenvalue weighted by atomic mass is 16.5. The molecule has 1 heterocycles. The summed E-state index contributed by atoms with van der Waals surface area (Å²) < 4.78 is 13.3. The van der Waals surface area contributed by atoms with Crippen molar-refractivity contribution in [2.75, 3.05) is 26.8 Å². The Bertz CT molecular complexity index is 879. The summed E-state index contributed by atoms with van der Waals surface area (Å²) in [5.41, 5.74) is 2.90. The molecule has 6 heteroatoms. The second kappa shape index (κ2) is 10.2. The molecule has 0 aliphatic rings. The minimum absolute atomic E-state index is 0.442. The summed E-state index contributed by atoms with van der Waals surface area (Å²) in [7, 11) is 3.58. The highest BCUT2D eigenvalue weighted by Crippen LogP contribution is 2.34. The number of methoxy groups -OCH3 is 1. The number of aliphatic hydroxyl groups excluding tert-OH is 1. The van der Waals surface area contributed by atoms with Gasteiger partial charge in [0.1, 0.15) is 11.4 Å². The predicted octanol–water partition coefficient (Wildman–Crippen LogP) is 3.71. The molecule has 0 saturated carbocycles. The molecular weight excluding hydrogens is 366 g/mol. The number of aliphatic hydroxyl groups is 1. The maximum absolute atomic E-state index is 9.96. The van der Waals surface area contributed by atoms with Gasteiger partial charge in [0.2, 0.25) is 5.88 Å². The molecule has 3 aromatic rings. The summed E-state index contributed by atoms with van der Waals surface area (Å²) in [6, 6.07) is 19.8. The van der Waals surface area contributed by atoms with E-state index in [-0.39, 0.29) is 0 Å². The zero-order valence-corrected chi connectivity index (χ0v) is 17.3. The van der Waals surface area contributed by atoms with E-state index in [0.29, 0.717) is 32.1 Å². The predicted molar refractivity (Wildman–Crippen MR) is 114 cm³/mol. The fourth-order valence-electron chi connectivity index (χ4n) is 3.30. The molecule has 0 spiro atoms. The molecule has 2 aromatic carbocycles. The van der Waals surface area contributed by atoms with E-state index < -0.39 is 6.10 Å². The molecule has 1 aromatic heterocycles. The monoisotopic (exact) mass is 395 g/mol. The van der Waals surface area contributed by atoms with E-state index in [9.17, 15) is 5.11 Å². The topological polar surface area (TPSA) is 59.8 Å². The average molecular weight is 396 g/mol. The summed E-state index contributed by atoms with van der Waals surface area (Å²) in [6.07, 6.45) is -0.442. The van der Waals surface area contributed by atoms with Crippen LogP contribution >= 0.6 is 0 Å². The zero-order chi connectivity index (χ0) is 20.6. The molecule has 0 saturated heterocycles. The quantitative estimate of drug-likeness (QED) is 0.567. The Morgan fingerprint density at radius 3 is 2.34 bits per heavy atom. The zero-order valence-electron chi connectivity index (χ0n) is 17.3. The first-order chi connectivity index (χ1) is 14.1. The summed E-state index contributed by atoms with van der Waals surface area (Å²) in [4.78, 5) is 2.16. The molecule has 0 unspecified atom stereocenters. The van der Waals surface area contributed by atoms with Gasteiger partial charge in [0, 0.05) is 39.4 Å². The Labute approximate surface area is 172 Å². The third-order valence-corrected chi connectivity index (χ3v) is 4.61.